The van der Waals surface area contributed by atoms with Crippen molar-refractivity contribution < 1.29 is 9.90 Å². The highest BCUT2D eigenvalue weighted by molar-refractivity contribution is 7.15. The Kier molecular flexibility index (Phi) is 4.05. The molecule has 3 aromatic heterocycles. The lowest BCUT2D eigenvalue weighted by atomic mass is 10.1. The first-order chi connectivity index (χ1) is 12.3. The predicted octanol–water partition coefficient (Wildman–Crippen LogP) is 3.78. The first-order valence-electron chi connectivity index (χ1n) is 7.78. The van der Waals surface area contributed by atoms with Gasteiger partial charge in [-0.1, -0.05) is 24.3 Å². The molecule has 0 saturated heterocycles. The topological polar surface area (TPSA) is 70.4 Å². The second-order valence-electron chi connectivity index (χ2n) is 5.54. The van der Waals surface area contributed by atoms with E-state index in [2.05, 4.69) is 9.97 Å². The summed E-state index contributed by atoms with van der Waals surface area (Å²) in [6.45, 7) is 0.00989. The van der Waals surface area contributed by atoms with Gasteiger partial charge in [0.05, 0.1) is 23.7 Å². The molecule has 0 aliphatic heterocycles. The summed E-state index contributed by atoms with van der Waals surface area (Å²) < 4.78 is 1.97. The molecule has 25 heavy (non-hydrogen) atoms. The van der Waals surface area contributed by atoms with Crippen molar-refractivity contribution in [3.05, 3.63) is 77.2 Å². The number of imidazole rings is 1. The Bertz CT molecular complexity index is 1040. The summed E-state index contributed by atoms with van der Waals surface area (Å²) in [5.74, 6) is -0.0863. The van der Waals surface area contributed by atoms with Crippen LogP contribution in [0, 0.1) is 0 Å². The molecule has 0 aliphatic carbocycles. The Hall–Kier alpha value is -2.96. The molecule has 5 nitrogen and oxygen atoms in total. The lowest BCUT2D eigenvalue weighted by Crippen LogP contribution is -1.94. The molecule has 0 radical (unpaired) electrons. The number of nitrogens with one attached hydrogen (secondary N) is 1. The lowest BCUT2D eigenvalue weighted by Gasteiger charge is -2.02. The molecule has 0 amide bonds. The molecule has 0 saturated carbocycles. The summed E-state index contributed by atoms with van der Waals surface area (Å²) in [6.07, 6.45) is 7.02. The Morgan fingerprint density at radius 3 is 2.84 bits per heavy atom. The van der Waals surface area contributed by atoms with Crippen molar-refractivity contribution >= 4 is 28.2 Å². The number of aliphatic hydroxyl groups is 1. The van der Waals surface area contributed by atoms with Gasteiger partial charge in [0.15, 0.2) is 4.96 Å². The first-order valence-corrected chi connectivity index (χ1v) is 8.66. The van der Waals surface area contributed by atoms with Crippen molar-refractivity contribution in [2.45, 2.75) is 6.61 Å². The molecule has 0 aliphatic rings. The van der Waals surface area contributed by atoms with Gasteiger partial charge in [-0.05, 0) is 29.8 Å². The van der Waals surface area contributed by atoms with Crippen LogP contribution in [0.5, 0.6) is 0 Å². The summed E-state index contributed by atoms with van der Waals surface area (Å²) in [4.78, 5) is 20.7. The fourth-order valence-corrected chi connectivity index (χ4v) is 3.39. The summed E-state index contributed by atoms with van der Waals surface area (Å²) >= 11 is 1.54. The van der Waals surface area contributed by atoms with E-state index < -0.39 is 0 Å². The van der Waals surface area contributed by atoms with Gasteiger partial charge < -0.3 is 10.1 Å². The fraction of sp³-hybridized carbons (Fsp3) is 0.0526. The van der Waals surface area contributed by atoms with Gasteiger partial charge in [-0.3, -0.25) is 9.20 Å². The van der Waals surface area contributed by atoms with E-state index in [1.165, 1.54) is 0 Å². The third-order valence-electron chi connectivity index (χ3n) is 3.97. The number of aromatic nitrogens is 3. The molecule has 0 atom stereocenters. The molecule has 0 bridgehead atoms. The van der Waals surface area contributed by atoms with Crippen LogP contribution in [0.25, 0.3) is 22.3 Å². The van der Waals surface area contributed by atoms with Crippen LogP contribution >= 0.6 is 11.3 Å². The number of fused-ring (bicyclic) bond motifs is 1. The number of ketones is 1. The van der Waals surface area contributed by atoms with E-state index in [1.54, 1.807) is 41.8 Å². The third kappa shape index (κ3) is 2.93. The molecule has 4 aromatic rings. The van der Waals surface area contributed by atoms with Gasteiger partial charge in [-0.25, -0.2) is 4.98 Å². The monoisotopic (exact) mass is 349 g/mol. The second kappa shape index (κ2) is 6.51. The van der Waals surface area contributed by atoms with E-state index in [4.69, 9.17) is 0 Å². The maximum atomic E-state index is 12.2. The number of aromatic amines is 1. The summed E-state index contributed by atoms with van der Waals surface area (Å²) in [7, 11) is 0. The summed E-state index contributed by atoms with van der Waals surface area (Å²) in [6, 6.07) is 11.2. The maximum Gasteiger partial charge on any atom is 0.202 e. The van der Waals surface area contributed by atoms with Gasteiger partial charge in [-0.2, -0.15) is 0 Å². The number of nitrogens with zero attached hydrogens (tertiary/aromatic N) is 2. The van der Waals surface area contributed by atoms with Crippen LogP contribution < -0.4 is 0 Å². The minimum absolute atomic E-state index is 0.00989. The molecule has 0 unspecified atom stereocenters. The average molecular weight is 349 g/mol. The Morgan fingerprint density at radius 1 is 1.28 bits per heavy atom. The highest BCUT2D eigenvalue weighted by Crippen LogP contribution is 2.28. The number of thiazole rings is 1. The van der Waals surface area contributed by atoms with Crippen molar-refractivity contribution in [1.29, 1.82) is 0 Å². The number of carbonyl (C=O) groups excluding carboxylic acids is 1. The van der Waals surface area contributed by atoms with Crippen molar-refractivity contribution in [2.24, 2.45) is 0 Å². The molecule has 4 rings (SSSR count). The molecule has 1 aromatic carbocycles. The van der Waals surface area contributed by atoms with E-state index in [-0.39, 0.29) is 12.4 Å². The summed E-state index contributed by atoms with van der Waals surface area (Å²) in [5.41, 5.74) is 4.01. The van der Waals surface area contributed by atoms with Crippen LogP contribution in [0.1, 0.15) is 21.7 Å². The fourth-order valence-electron chi connectivity index (χ4n) is 2.67. The van der Waals surface area contributed by atoms with E-state index in [0.717, 1.165) is 27.5 Å². The number of benzene rings is 1. The van der Waals surface area contributed by atoms with Crippen LogP contribution in [-0.4, -0.2) is 25.3 Å². The van der Waals surface area contributed by atoms with Gasteiger partial charge in [0, 0.05) is 23.3 Å². The first kappa shape index (κ1) is 15.6. The lowest BCUT2D eigenvalue weighted by molar-refractivity contribution is 0.104. The standard InChI is InChI=1S/C19H15N3O2S/c23-12-13-3-5-14(6-4-13)18-16(22-10-11-25-19(22)21-18)7-8-17(24)15-2-1-9-20-15/h1-11,20,23H,12H2. The van der Waals surface area contributed by atoms with E-state index >= 15 is 0 Å². The number of aliphatic hydroxyl groups excluding tert-OH is 1. The van der Waals surface area contributed by atoms with Gasteiger partial charge in [0.1, 0.15) is 0 Å². The van der Waals surface area contributed by atoms with Crippen LogP contribution in [0.4, 0.5) is 0 Å². The van der Waals surface area contributed by atoms with Crippen LogP contribution in [0.3, 0.4) is 0 Å². The maximum absolute atomic E-state index is 12.2. The second-order valence-corrected chi connectivity index (χ2v) is 6.41. The molecule has 2 N–H and O–H groups in total. The van der Waals surface area contributed by atoms with E-state index in [1.807, 2.05) is 40.2 Å². The zero-order valence-corrected chi connectivity index (χ0v) is 14.0. The van der Waals surface area contributed by atoms with Gasteiger partial charge >= 0.3 is 0 Å². The smallest absolute Gasteiger partial charge is 0.202 e. The number of hydrogen-bond acceptors (Lipinski definition) is 4. The van der Waals surface area contributed by atoms with Crippen molar-refractivity contribution in [1.82, 2.24) is 14.4 Å². The molecule has 6 heteroatoms. The zero-order chi connectivity index (χ0) is 17.2. The molecule has 124 valence electrons. The SMILES string of the molecule is O=C(C=Cc1c(-c2ccc(CO)cc2)nc2sccn12)c1ccc[nH]1. The minimum atomic E-state index is -0.0863. The van der Waals surface area contributed by atoms with Crippen molar-refractivity contribution in [2.75, 3.05) is 0 Å². The van der Waals surface area contributed by atoms with Crippen molar-refractivity contribution in [3.8, 4) is 11.3 Å². The van der Waals surface area contributed by atoms with Gasteiger partial charge in [0.25, 0.3) is 0 Å². The number of allylic oxidation sites excluding steroid dienone is 1. The van der Waals surface area contributed by atoms with Crippen LogP contribution in [0.15, 0.2) is 60.2 Å². The Balaban J connectivity index is 1.76. The number of H-pyrrole nitrogens is 1. The predicted molar refractivity (Wildman–Crippen MR) is 98.6 cm³/mol. The molecule has 0 spiro atoms. The van der Waals surface area contributed by atoms with Crippen molar-refractivity contribution in [3.63, 3.8) is 0 Å². The van der Waals surface area contributed by atoms with Gasteiger partial charge in [-0.15, -0.1) is 11.3 Å². The molecular formula is C19H15N3O2S. The van der Waals surface area contributed by atoms with E-state index in [0.29, 0.717) is 5.69 Å². The average Bonchev–Trinajstić information content (AvgIpc) is 3.37. The molecule has 3 heterocycles. The number of rotatable bonds is 5. The third-order valence-corrected chi connectivity index (χ3v) is 4.72. The van der Waals surface area contributed by atoms with E-state index in [9.17, 15) is 9.90 Å². The minimum Gasteiger partial charge on any atom is -0.392 e. The summed E-state index contributed by atoms with van der Waals surface area (Å²) in [5, 5.41) is 11.2. The Labute approximate surface area is 147 Å². The quantitative estimate of drug-likeness (QED) is 0.425. The normalized spacial score (nSPS) is 11.6. The number of hydrogen-bond donors (Lipinski definition) is 2. The number of carbonyl (C=O) groups is 1. The van der Waals surface area contributed by atoms with Crippen LogP contribution in [0.2, 0.25) is 0 Å². The van der Waals surface area contributed by atoms with Crippen LogP contribution in [-0.2, 0) is 6.61 Å². The van der Waals surface area contributed by atoms with Gasteiger partial charge in [0.2, 0.25) is 5.78 Å². The zero-order valence-electron chi connectivity index (χ0n) is 13.2. The highest BCUT2D eigenvalue weighted by Gasteiger charge is 2.13. The largest absolute Gasteiger partial charge is 0.392 e. The Morgan fingerprint density at radius 2 is 2.12 bits per heavy atom. The molecule has 0 fully saturated rings. The molecular weight excluding hydrogens is 334 g/mol. The highest BCUT2D eigenvalue weighted by atomic mass is 32.1.